The molecule has 0 saturated carbocycles. The number of rotatable bonds is 4. The van der Waals surface area contributed by atoms with E-state index in [0.29, 0.717) is 12.0 Å². The highest BCUT2D eigenvalue weighted by Gasteiger charge is 2.14. The van der Waals surface area contributed by atoms with Gasteiger partial charge < -0.3 is 0 Å². The Morgan fingerprint density at radius 3 is 2.50 bits per heavy atom. The first-order chi connectivity index (χ1) is 8.70. The van der Waals surface area contributed by atoms with E-state index in [2.05, 4.69) is 5.43 Å². The van der Waals surface area contributed by atoms with Crippen LogP contribution in [0.4, 0.5) is 4.39 Å². The van der Waals surface area contributed by atoms with Crippen LogP contribution in [0.25, 0.3) is 0 Å². The molecule has 0 aliphatic heterocycles. The molecule has 0 fully saturated rings. The Bertz CT molecular complexity index is 511. The van der Waals surface area contributed by atoms with Gasteiger partial charge in [-0.1, -0.05) is 42.5 Å². The fraction of sp³-hybridized carbons (Fsp3) is 0.200. The molecule has 1 unspecified atom stereocenters. The quantitative estimate of drug-likeness (QED) is 0.641. The highest BCUT2D eigenvalue weighted by Crippen LogP contribution is 2.21. The fourth-order valence-electron chi connectivity index (χ4n) is 2.02. The summed E-state index contributed by atoms with van der Waals surface area (Å²) >= 11 is 0. The number of nitrogens with two attached hydrogens (primary N) is 1. The van der Waals surface area contributed by atoms with Gasteiger partial charge in [-0.2, -0.15) is 0 Å². The van der Waals surface area contributed by atoms with E-state index in [4.69, 9.17) is 5.84 Å². The molecule has 2 nitrogen and oxygen atoms in total. The summed E-state index contributed by atoms with van der Waals surface area (Å²) in [5.74, 6) is 5.33. The summed E-state index contributed by atoms with van der Waals surface area (Å²) in [7, 11) is 0. The second-order valence-electron chi connectivity index (χ2n) is 4.43. The average molecular weight is 244 g/mol. The number of hydrogen-bond donors (Lipinski definition) is 2. The number of nitrogens with one attached hydrogen (secondary N) is 1. The first-order valence-electron chi connectivity index (χ1n) is 5.97. The van der Waals surface area contributed by atoms with E-state index in [1.807, 2.05) is 43.3 Å². The molecule has 0 radical (unpaired) electrons. The Hall–Kier alpha value is -1.71. The van der Waals surface area contributed by atoms with Gasteiger partial charge in [0.15, 0.2) is 0 Å². The van der Waals surface area contributed by atoms with Crippen molar-refractivity contribution in [1.29, 1.82) is 0 Å². The molecule has 18 heavy (non-hydrogen) atoms. The van der Waals surface area contributed by atoms with E-state index in [1.165, 1.54) is 6.07 Å². The van der Waals surface area contributed by atoms with E-state index >= 15 is 0 Å². The van der Waals surface area contributed by atoms with Crippen LogP contribution in [-0.4, -0.2) is 0 Å². The van der Waals surface area contributed by atoms with Crippen molar-refractivity contribution in [3.8, 4) is 0 Å². The van der Waals surface area contributed by atoms with Crippen LogP contribution >= 0.6 is 0 Å². The molecule has 3 N–H and O–H groups in total. The van der Waals surface area contributed by atoms with Gasteiger partial charge in [-0.3, -0.25) is 11.3 Å². The zero-order valence-corrected chi connectivity index (χ0v) is 10.4. The van der Waals surface area contributed by atoms with Crippen molar-refractivity contribution < 1.29 is 4.39 Å². The first-order valence-corrected chi connectivity index (χ1v) is 5.97. The van der Waals surface area contributed by atoms with Crippen molar-refractivity contribution in [2.75, 3.05) is 0 Å². The minimum Gasteiger partial charge on any atom is -0.271 e. The standard InChI is InChI=1S/C15H17FN2/c1-11-7-8-13(14(16)9-11)15(18-17)10-12-5-3-2-4-6-12/h2-9,15,18H,10,17H2,1H3. The van der Waals surface area contributed by atoms with Gasteiger partial charge in [-0.05, 0) is 30.5 Å². The van der Waals surface area contributed by atoms with Crippen molar-refractivity contribution in [2.24, 2.45) is 5.84 Å². The summed E-state index contributed by atoms with van der Waals surface area (Å²) in [5, 5.41) is 0. The lowest BCUT2D eigenvalue weighted by atomic mass is 9.98. The lowest BCUT2D eigenvalue weighted by molar-refractivity contribution is 0.510. The van der Waals surface area contributed by atoms with Gasteiger partial charge in [0, 0.05) is 5.56 Å². The summed E-state index contributed by atoms with van der Waals surface area (Å²) in [4.78, 5) is 0. The Balaban J connectivity index is 2.23. The molecule has 0 saturated heterocycles. The smallest absolute Gasteiger partial charge is 0.128 e. The maximum Gasteiger partial charge on any atom is 0.128 e. The molecule has 3 heteroatoms. The first kappa shape index (κ1) is 12.7. The Morgan fingerprint density at radius 2 is 1.89 bits per heavy atom. The molecule has 0 heterocycles. The average Bonchev–Trinajstić information content (AvgIpc) is 2.38. The number of benzene rings is 2. The van der Waals surface area contributed by atoms with Crippen molar-refractivity contribution in [3.63, 3.8) is 0 Å². The molecule has 0 spiro atoms. The minimum atomic E-state index is -0.215. The summed E-state index contributed by atoms with van der Waals surface area (Å²) in [5.41, 5.74) is 5.33. The van der Waals surface area contributed by atoms with Gasteiger partial charge in [-0.15, -0.1) is 0 Å². The van der Waals surface area contributed by atoms with Crippen LogP contribution in [0.1, 0.15) is 22.7 Å². The predicted octanol–water partition coefficient (Wildman–Crippen LogP) is 2.88. The molecular weight excluding hydrogens is 227 g/mol. The third-order valence-electron chi connectivity index (χ3n) is 3.02. The van der Waals surface area contributed by atoms with E-state index in [0.717, 1.165) is 11.1 Å². The third kappa shape index (κ3) is 2.94. The SMILES string of the molecule is Cc1ccc(C(Cc2ccccc2)NN)c(F)c1. The topological polar surface area (TPSA) is 38.0 Å². The zero-order valence-electron chi connectivity index (χ0n) is 10.4. The maximum absolute atomic E-state index is 13.9. The van der Waals surface area contributed by atoms with Crippen molar-refractivity contribution >= 4 is 0 Å². The number of halogens is 1. The molecule has 2 aromatic rings. The summed E-state index contributed by atoms with van der Waals surface area (Å²) in [6.45, 7) is 1.87. The van der Waals surface area contributed by atoms with E-state index in [9.17, 15) is 4.39 Å². The molecule has 2 rings (SSSR count). The number of hydrazine groups is 1. The highest BCUT2D eigenvalue weighted by molar-refractivity contribution is 5.28. The molecule has 0 aliphatic carbocycles. The van der Waals surface area contributed by atoms with Gasteiger partial charge >= 0.3 is 0 Å². The Morgan fingerprint density at radius 1 is 1.17 bits per heavy atom. The van der Waals surface area contributed by atoms with Crippen LogP contribution < -0.4 is 11.3 Å². The minimum absolute atomic E-state index is 0.214. The van der Waals surface area contributed by atoms with Crippen LogP contribution in [0.15, 0.2) is 48.5 Å². The maximum atomic E-state index is 13.9. The molecule has 2 aromatic carbocycles. The van der Waals surface area contributed by atoms with E-state index in [1.54, 1.807) is 6.07 Å². The molecule has 0 aromatic heterocycles. The second kappa shape index (κ2) is 5.76. The second-order valence-corrected chi connectivity index (χ2v) is 4.43. The molecule has 1 atom stereocenters. The van der Waals surface area contributed by atoms with E-state index in [-0.39, 0.29) is 11.9 Å². The van der Waals surface area contributed by atoms with Gasteiger partial charge in [-0.25, -0.2) is 4.39 Å². The van der Waals surface area contributed by atoms with Gasteiger partial charge in [0.05, 0.1) is 6.04 Å². The predicted molar refractivity (Wildman–Crippen MR) is 71.3 cm³/mol. The largest absolute Gasteiger partial charge is 0.271 e. The monoisotopic (exact) mass is 244 g/mol. The Kier molecular flexibility index (Phi) is 4.07. The summed E-state index contributed by atoms with van der Waals surface area (Å²) in [6, 6.07) is 14.9. The number of aryl methyl sites for hydroxylation is 1. The zero-order chi connectivity index (χ0) is 13.0. The third-order valence-corrected chi connectivity index (χ3v) is 3.02. The molecule has 0 aliphatic rings. The van der Waals surface area contributed by atoms with Crippen LogP contribution in [0.3, 0.4) is 0 Å². The van der Waals surface area contributed by atoms with Gasteiger partial charge in [0.2, 0.25) is 0 Å². The summed E-state index contributed by atoms with van der Waals surface area (Å²) in [6.07, 6.45) is 0.664. The molecule has 94 valence electrons. The van der Waals surface area contributed by atoms with Gasteiger partial charge in [0.25, 0.3) is 0 Å². The van der Waals surface area contributed by atoms with Crippen molar-refractivity contribution in [2.45, 2.75) is 19.4 Å². The highest BCUT2D eigenvalue weighted by atomic mass is 19.1. The van der Waals surface area contributed by atoms with Crippen LogP contribution in [0.5, 0.6) is 0 Å². The molecule has 0 amide bonds. The lowest BCUT2D eigenvalue weighted by Gasteiger charge is -2.17. The van der Waals surface area contributed by atoms with Gasteiger partial charge in [0.1, 0.15) is 5.82 Å². The normalized spacial score (nSPS) is 12.4. The Labute approximate surface area is 107 Å². The van der Waals surface area contributed by atoms with Crippen LogP contribution in [0.2, 0.25) is 0 Å². The number of hydrogen-bond acceptors (Lipinski definition) is 2. The van der Waals surface area contributed by atoms with Crippen molar-refractivity contribution in [3.05, 3.63) is 71.0 Å². The van der Waals surface area contributed by atoms with Crippen molar-refractivity contribution in [1.82, 2.24) is 5.43 Å². The van der Waals surface area contributed by atoms with E-state index < -0.39 is 0 Å². The lowest BCUT2D eigenvalue weighted by Crippen LogP contribution is -2.30. The molecule has 0 bridgehead atoms. The van der Waals surface area contributed by atoms with Crippen LogP contribution in [0, 0.1) is 12.7 Å². The van der Waals surface area contributed by atoms with Crippen LogP contribution in [-0.2, 0) is 6.42 Å². The fourth-order valence-corrected chi connectivity index (χ4v) is 2.02. The molecular formula is C15H17FN2. The summed E-state index contributed by atoms with van der Waals surface area (Å²) < 4.78 is 13.9.